The Morgan fingerprint density at radius 3 is 2.69 bits per heavy atom. The van der Waals surface area contributed by atoms with Crippen molar-refractivity contribution in [1.29, 1.82) is 0 Å². The molecule has 0 aliphatic rings. The Bertz CT molecular complexity index is 995. The van der Waals surface area contributed by atoms with Gasteiger partial charge in [0.05, 0.1) is 12.2 Å². The zero-order valence-electron chi connectivity index (χ0n) is 14.3. The number of halogens is 1. The highest BCUT2D eigenvalue weighted by Crippen LogP contribution is 2.20. The lowest BCUT2D eigenvalue weighted by Gasteiger charge is -2.02. The zero-order chi connectivity index (χ0) is 18.7. The highest BCUT2D eigenvalue weighted by atomic mass is 35.5. The van der Waals surface area contributed by atoms with Crippen LogP contribution in [-0.2, 0) is 23.1 Å². The molecule has 0 amide bonds. The van der Waals surface area contributed by atoms with Gasteiger partial charge in [0, 0.05) is 23.3 Å². The van der Waals surface area contributed by atoms with E-state index in [2.05, 4.69) is 20.0 Å². The molecule has 2 heterocycles. The number of hydrogen-bond acceptors (Lipinski definition) is 6. The summed E-state index contributed by atoms with van der Waals surface area (Å²) in [5.74, 6) is 0.528. The van der Waals surface area contributed by atoms with Crippen molar-refractivity contribution in [3.05, 3.63) is 47.0 Å². The second-order valence-corrected chi connectivity index (χ2v) is 7.86. The average molecular weight is 396 g/mol. The Kier molecular flexibility index (Phi) is 5.40. The molecule has 2 aromatic heterocycles. The smallest absolute Gasteiger partial charge is 0.257 e. The van der Waals surface area contributed by atoms with Gasteiger partial charge in [-0.1, -0.05) is 23.7 Å². The largest absolute Gasteiger partial charge is 0.334 e. The van der Waals surface area contributed by atoms with Crippen LogP contribution in [0.4, 0.5) is 0 Å². The van der Waals surface area contributed by atoms with Gasteiger partial charge in [0.1, 0.15) is 4.90 Å². The van der Waals surface area contributed by atoms with Crippen LogP contribution in [0.2, 0.25) is 5.02 Å². The van der Waals surface area contributed by atoms with Crippen LogP contribution >= 0.6 is 11.6 Å². The standard InChI is InChI=1S/C16H18ClN5O3S/c1-3-8-22-10-14(11(2)20-22)26(23,24)18-9-15-19-16(25-21-15)12-4-6-13(17)7-5-12/h4-7,10,18H,3,8-9H2,1-2H3. The van der Waals surface area contributed by atoms with E-state index in [0.29, 0.717) is 28.7 Å². The molecule has 0 bridgehead atoms. The van der Waals surface area contributed by atoms with Crippen LogP contribution in [0, 0.1) is 6.92 Å². The fourth-order valence-electron chi connectivity index (χ4n) is 2.38. The lowest BCUT2D eigenvalue weighted by Crippen LogP contribution is -2.24. The molecule has 0 unspecified atom stereocenters. The minimum absolute atomic E-state index is 0.0855. The third kappa shape index (κ3) is 4.12. The van der Waals surface area contributed by atoms with Crippen molar-refractivity contribution in [1.82, 2.24) is 24.6 Å². The van der Waals surface area contributed by atoms with Crippen LogP contribution in [0.25, 0.3) is 11.5 Å². The molecule has 3 rings (SSSR count). The first-order chi connectivity index (χ1) is 12.4. The lowest BCUT2D eigenvalue weighted by atomic mass is 10.2. The third-order valence-electron chi connectivity index (χ3n) is 3.62. The van der Waals surface area contributed by atoms with E-state index in [4.69, 9.17) is 16.1 Å². The SMILES string of the molecule is CCCn1cc(S(=O)(=O)NCc2noc(-c3ccc(Cl)cc3)n2)c(C)n1. The lowest BCUT2D eigenvalue weighted by molar-refractivity contribution is 0.421. The van der Waals surface area contributed by atoms with Crippen molar-refractivity contribution < 1.29 is 12.9 Å². The Morgan fingerprint density at radius 1 is 1.27 bits per heavy atom. The maximum absolute atomic E-state index is 12.5. The summed E-state index contributed by atoms with van der Waals surface area (Å²) in [6.07, 6.45) is 2.39. The predicted octanol–water partition coefficient (Wildman–Crippen LogP) is 2.78. The summed E-state index contributed by atoms with van der Waals surface area (Å²) in [5, 5.41) is 8.61. The molecule has 8 nitrogen and oxygen atoms in total. The van der Waals surface area contributed by atoms with E-state index in [1.54, 1.807) is 35.9 Å². The topological polar surface area (TPSA) is 103 Å². The highest BCUT2D eigenvalue weighted by molar-refractivity contribution is 7.89. The van der Waals surface area contributed by atoms with Gasteiger partial charge in [-0.3, -0.25) is 4.68 Å². The third-order valence-corrected chi connectivity index (χ3v) is 5.38. The molecule has 10 heteroatoms. The molecule has 3 aromatic rings. The van der Waals surface area contributed by atoms with Crippen LogP contribution in [-0.4, -0.2) is 28.3 Å². The minimum atomic E-state index is -3.72. The van der Waals surface area contributed by atoms with Gasteiger partial charge in [-0.15, -0.1) is 0 Å². The zero-order valence-corrected chi connectivity index (χ0v) is 15.9. The van der Waals surface area contributed by atoms with E-state index in [1.807, 2.05) is 6.92 Å². The van der Waals surface area contributed by atoms with Crippen LogP contribution < -0.4 is 4.72 Å². The minimum Gasteiger partial charge on any atom is -0.334 e. The molecule has 0 fully saturated rings. The summed E-state index contributed by atoms with van der Waals surface area (Å²) in [4.78, 5) is 4.34. The first kappa shape index (κ1) is 18.6. The van der Waals surface area contributed by atoms with E-state index in [9.17, 15) is 8.42 Å². The fourth-order valence-corrected chi connectivity index (χ4v) is 3.67. The van der Waals surface area contributed by atoms with Gasteiger partial charge in [0.25, 0.3) is 5.89 Å². The molecular formula is C16H18ClN5O3S. The van der Waals surface area contributed by atoms with Crippen LogP contribution in [0.3, 0.4) is 0 Å². The summed E-state index contributed by atoms with van der Waals surface area (Å²) in [5.41, 5.74) is 1.15. The van der Waals surface area contributed by atoms with Gasteiger partial charge < -0.3 is 4.52 Å². The Morgan fingerprint density at radius 2 is 2.00 bits per heavy atom. The fraction of sp³-hybridized carbons (Fsp3) is 0.312. The summed E-state index contributed by atoms with van der Waals surface area (Å²) >= 11 is 5.85. The molecule has 0 aliphatic carbocycles. The maximum Gasteiger partial charge on any atom is 0.257 e. The first-order valence-corrected chi connectivity index (χ1v) is 9.87. The van der Waals surface area contributed by atoms with Gasteiger partial charge in [0.15, 0.2) is 5.82 Å². The molecule has 0 atom stereocenters. The van der Waals surface area contributed by atoms with E-state index < -0.39 is 10.0 Å². The number of benzene rings is 1. The van der Waals surface area contributed by atoms with Crippen molar-refractivity contribution in [3.63, 3.8) is 0 Å². The number of nitrogens with one attached hydrogen (secondary N) is 1. The Balaban J connectivity index is 1.71. The summed E-state index contributed by atoms with van der Waals surface area (Å²) in [6.45, 7) is 4.23. The van der Waals surface area contributed by atoms with Crippen LogP contribution in [0.5, 0.6) is 0 Å². The van der Waals surface area contributed by atoms with Crippen LogP contribution in [0.15, 0.2) is 39.9 Å². The van der Waals surface area contributed by atoms with E-state index in [-0.39, 0.29) is 17.3 Å². The number of aromatic nitrogens is 4. The molecule has 0 spiro atoms. The number of rotatable bonds is 7. The van der Waals surface area contributed by atoms with Gasteiger partial charge in [-0.05, 0) is 37.6 Å². The number of sulfonamides is 1. The van der Waals surface area contributed by atoms with Crippen molar-refractivity contribution in [2.75, 3.05) is 0 Å². The van der Waals surface area contributed by atoms with Crippen molar-refractivity contribution in [3.8, 4) is 11.5 Å². The monoisotopic (exact) mass is 395 g/mol. The van der Waals surface area contributed by atoms with Gasteiger partial charge in [-0.25, -0.2) is 13.1 Å². The Labute approximate surface area is 156 Å². The van der Waals surface area contributed by atoms with Gasteiger partial charge in [0.2, 0.25) is 10.0 Å². The van der Waals surface area contributed by atoms with E-state index in [0.717, 1.165) is 6.42 Å². The normalized spacial score (nSPS) is 11.8. The summed E-state index contributed by atoms with van der Waals surface area (Å²) in [6, 6.07) is 6.91. The summed E-state index contributed by atoms with van der Waals surface area (Å²) in [7, 11) is -3.72. The van der Waals surface area contributed by atoms with Gasteiger partial charge in [-0.2, -0.15) is 10.1 Å². The molecule has 138 valence electrons. The summed E-state index contributed by atoms with van der Waals surface area (Å²) < 4.78 is 34.2. The highest BCUT2D eigenvalue weighted by Gasteiger charge is 2.21. The average Bonchev–Trinajstić information content (AvgIpc) is 3.21. The molecule has 1 aromatic carbocycles. The molecule has 0 saturated heterocycles. The van der Waals surface area contributed by atoms with Crippen molar-refractivity contribution in [2.24, 2.45) is 0 Å². The number of hydrogen-bond donors (Lipinski definition) is 1. The van der Waals surface area contributed by atoms with Gasteiger partial charge >= 0.3 is 0 Å². The first-order valence-electron chi connectivity index (χ1n) is 8.01. The Hall–Kier alpha value is -2.23. The van der Waals surface area contributed by atoms with E-state index in [1.165, 1.54) is 6.20 Å². The number of aryl methyl sites for hydroxylation is 2. The molecule has 0 saturated carbocycles. The van der Waals surface area contributed by atoms with Crippen molar-refractivity contribution >= 4 is 21.6 Å². The number of nitrogens with zero attached hydrogens (tertiary/aromatic N) is 4. The van der Waals surface area contributed by atoms with Crippen molar-refractivity contribution in [2.45, 2.75) is 38.3 Å². The van der Waals surface area contributed by atoms with E-state index >= 15 is 0 Å². The maximum atomic E-state index is 12.5. The predicted molar refractivity (Wildman–Crippen MR) is 96.0 cm³/mol. The molecule has 0 aliphatic heterocycles. The second-order valence-electron chi connectivity index (χ2n) is 5.69. The molecule has 26 heavy (non-hydrogen) atoms. The molecule has 1 N–H and O–H groups in total. The second kappa shape index (κ2) is 7.56. The molecular weight excluding hydrogens is 378 g/mol. The molecule has 0 radical (unpaired) electrons. The van der Waals surface area contributed by atoms with Crippen LogP contribution in [0.1, 0.15) is 24.9 Å². The quantitative estimate of drug-likeness (QED) is 0.659.